The summed E-state index contributed by atoms with van der Waals surface area (Å²) in [5.41, 5.74) is 0. The molecule has 3 unspecified atom stereocenters. The summed E-state index contributed by atoms with van der Waals surface area (Å²) in [4.78, 5) is 0. The van der Waals surface area contributed by atoms with Gasteiger partial charge in [0.05, 0.1) is 0 Å². The van der Waals surface area contributed by atoms with E-state index in [1.807, 2.05) is 0 Å². The highest BCUT2D eigenvalue weighted by Gasteiger charge is 2.30. The number of nitrogens with zero attached hydrogens (tertiary/aromatic N) is 1. The maximum Gasteiger partial charge on any atom is 0.279 e. The van der Waals surface area contributed by atoms with Crippen LogP contribution in [0, 0.1) is 17.8 Å². The zero-order valence-corrected chi connectivity index (χ0v) is 14.3. The van der Waals surface area contributed by atoms with Crippen LogP contribution in [-0.4, -0.2) is 45.4 Å². The van der Waals surface area contributed by atoms with Crippen LogP contribution in [-0.2, 0) is 10.2 Å². The molecule has 0 radical (unpaired) electrons. The molecule has 1 heterocycles. The Morgan fingerprint density at radius 3 is 2.62 bits per heavy atom. The summed E-state index contributed by atoms with van der Waals surface area (Å²) in [5, 5.41) is 3.33. The Kier molecular flexibility index (Phi) is 6.47. The lowest BCUT2D eigenvalue weighted by Gasteiger charge is -2.32. The highest BCUT2D eigenvalue weighted by Crippen LogP contribution is 2.30. The second-order valence-corrected chi connectivity index (χ2v) is 8.57. The van der Waals surface area contributed by atoms with Crippen molar-refractivity contribution in [2.24, 2.45) is 17.8 Å². The minimum atomic E-state index is -3.29. The van der Waals surface area contributed by atoms with Gasteiger partial charge < -0.3 is 5.32 Å². The van der Waals surface area contributed by atoms with Gasteiger partial charge in [0.15, 0.2) is 0 Å². The summed E-state index contributed by atoms with van der Waals surface area (Å²) in [6.45, 7) is 8.14. The van der Waals surface area contributed by atoms with Gasteiger partial charge in [0.2, 0.25) is 0 Å². The molecule has 2 rings (SSSR count). The molecule has 0 aromatic carbocycles. The summed E-state index contributed by atoms with van der Waals surface area (Å²) in [6.07, 6.45) is 5.65. The normalized spacial score (nSPS) is 31.6. The van der Waals surface area contributed by atoms with E-state index < -0.39 is 10.2 Å². The van der Waals surface area contributed by atoms with Gasteiger partial charge in [-0.15, -0.1) is 0 Å². The number of rotatable bonds is 7. The zero-order chi connectivity index (χ0) is 15.3. The first-order chi connectivity index (χ1) is 10.0. The van der Waals surface area contributed by atoms with Crippen LogP contribution in [0.5, 0.6) is 0 Å². The minimum Gasteiger partial charge on any atom is -0.317 e. The first-order valence-corrected chi connectivity index (χ1v) is 9.90. The summed E-state index contributed by atoms with van der Waals surface area (Å²) < 4.78 is 29.4. The van der Waals surface area contributed by atoms with E-state index in [0.717, 1.165) is 44.7 Å². The predicted octanol–water partition coefficient (Wildman–Crippen LogP) is 1.58. The molecule has 1 aliphatic heterocycles. The van der Waals surface area contributed by atoms with Gasteiger partial charge in [0, 0.05) is 19.6 Å². The Morgan fingerprint density at radius 2 is 1.95 bits per heavy atom. The molecule has 3 atom stereocenters. The van der Waals surface area contributed by atoms with Gasteiger partial charge in [-0.1, -0.05) is 20.3 Å². The molecule has 5 nitrogen and oxygen atoms in total. The summed E-state index contributed by atoms with van der Waals surface area (Å²) in [6, 6.07) is 0. The van der Waals surface area contributed by atoms with Gasteiger partial charge in [-0.05, 0) is 56.5 Å². The molecule has 21 heavy (non-hydrogen) atoms. The second-order valence-electron chi connectivity index (χ2n) is 6.81. The lowest BCUT2D eigenvalue weighted by molar-refractivity contribution is 0.258. The van der Waals surface area contributed by atoms with Crippen LogP contribution in [0.1, 0.15) is 46.0 Å². The van der Waals surface area contributed by atoms with E-state index in [1.54, 1.807) is 4.31 Å². The smallest absolute Gasteiger partial charge is 0.279 e. The number of nitrogens with one attached hydrogen (secondary N) is 2. The van der Waals surface area contributed by atoms with Crippen molar-refractivity contribution in [3.8, 4) is 0 Å². The van der Waals surface area contributed by atoms with Gasteiger partial charge in [-0.25, -0.2) is 4.72 Å². The molecule has 1 saturated carbocycles. The average Bonchev–Trinajstić information content (AvgIpc) is 2.89. The summed E-state index contributed by atoms with van der Waals surface area (Å²) in [7, 11) is -3.29. The Hall–Kier alpha value is -0.170. The van der Waals surface area contributed by atoms with Gasteiger partial charge >= 0.3 is 0 Å². The molecule has 0 bridgehead atoms. The molecule has 1 aliphatic carbocycles. The van der Waals surface area contributed by atoms with Crippen molar-refractivity contribution in [2.45, 2.75) is 46.0 Å². The van der Waals surface area contributed by atoms with Gasteiger partial charge in [-0.2, -0.15) is 12.7 Å². The molecule has 2 N–H and O–H groups in total. The molecular weight excluding hydrogens is 286 g/mol. The molecule has 1 saturated heterocycles. The second kappa shape index (κ2) is 7.90. The van der Waals surface area contributed by atoms with Crippen LogP contribution in [0.15, 0.2) is 0 Å². The van der Waals surface area contributed by atoms with Gasteiger partial charge in [-0.3, -0.25) is 0 Å². The van der Waals surface area contributed by atoms with Crippen LogP contribution in [0.25, 0.3) is 0 Å². The van der Waals surface area contributed by atoms with Crippen LogP contribution < -0.4 is 10.0 Å². The Balaban J connectivity index is 1.80. The van der Waals surface area contributed by atoms with Gasteiger partial charge in [0.25, 0.3) is 10.2 Å². The number of hydrogen-bond acceptors (Lipinski definition) is 3. The fourth-order valence-electron chi connectivity index (χ4n) is 3.59. The highest BCUT2D eigenvalue weighted by molar-refractivity contribution is 7.87. The van der Waals surface area contributed by atoms with E-state index in [2.05, 4.69) is 23.9 Å². The topological polar surface area (TPSA) is 61.4 Å². The monoisotopic (exact) mass is 317 g/mol. The van der Waals surface area contributed by atoms with Crippen molar-refractivity contribution in [2.75, 3.05) is 32.7 Å². The molecule has 2 fully saturated rings. The van der Waals surface area contributed by atoms with E-state index >= 15 is 0 Å². The maximum atomic E-state index is 12.4. The molecule has 6 heteroatoms. The van der Waals surface area contributed by atoms with E-state index in [1.165, 1.54) is 6.42 Å². The Bertz CT molecular complexity index is 413. The van der Waals surface area contributed by atoms with E-state index in [4.69, 9.17) is 0 Å². The maximum absolute atomic E-state index is 12.4. The van der Waals surface area contributed by atoms with E-state index in [-0.39, 0.29) is 0 Å². The fourth-order valence-corrected chi connectivity index (χ4v) is 4.99. The van der Waals surface area contributed by atoms with Crippen molar-refractivity contribution in [1.29, 1.82) is 0 Å². The largest absolute Gasteiger partial charge is 0.317 e. The third kappa shape index (κ3) is 5.20. The number of hydrogen-bond donors (Lipinski definition) is 2. The lowest BCUT2D eigenvalue weighted by Crippen LogP contribution is -2.48. The minimum absolute atomic E-state index is 0.446. The Morgan fingerprint density at radius 1 is 1.14 bits per heavy atom. The molecule has 0 amide bonds. The van der Waals surface area contributed by atoms with Crippen molar-refractivity contribution >= 4 is 10.2 Å². The zero-order valence-electron chi connectivity index (χ0n) is 13.5. The average molecular weight is 317 g/mol. The van der Waals surface area contributed by atoms with E-state index in [0.29, 0.717) is 31.5 Å². The third-order valence-corrected chi connectivity index (χ3v) is 6.41. The van der Waals surface area contributed by atoms with Crippen LogP contribution in [0.2, 0.25) is 0 Å². The third-order valence-electron chi connectivity index (χ3n) is 4.86. The fraction of sp³-hybridized carbons (Fsp3) is 1.00. The first kappa shape index (κ1) is 17.2. The van der Waals surface area contributed by atoms with Crippen molar-refractivity contribution in [3.05, 3.63) is 0 Å². The standard InChI is InChI=1S/C15H31N3O2S/c1-3-16-10-15-5-4-8-18(12-15)21(19,20)17-11-14-7-6-13(2)9-14/h13-17H,3-12H2,1-2H3. The number of piperidine rings is 1. The van der Waals surface area contributed by atoms with Crippen molar-refractivity contribution in [3.63, 3.8) is 0 Å². The Labute approximate surface area is 130 Å². The lowest BCUT2D eigenvalue weighted by atomic mass is 10.00. The molecule has 0 aromatic rings. The molecule has 2 aliphatic rings. The molecule has 0 spiro atoms. The SMILES string of the molecule is CCNCC1CCCN(S(=O)(=O)NCC2CCC(C)C2)C1. The molecular formula is C15H31N3O2S. The highest BCUT2D eigenvalue weighted by atomic mass is 32.2. The van der Waals surface area contributed by atoms with Crippen molar-refractivity contribution in [1.82, 2.24) is 14.3 Å². The predicted molar refractivity (Wildman–Crippen MR) is 86.3 cm³/mol. The molecule has 124 valence electrons. The first-order valence-electron chi connectivity index (χ1n) is 8.46. The van der Waals surface area contributed by atoms with Crippen LogP contribution >= 0.6 is 0 Å². The van der Waals surface area contributed by atoms with Crippen LogP contribution in [0.4, 0.5) is 0 Å². The van der Waals surface area contributed by atoms with Gasteiger partial charge in [0.1, 0.15) is 0 Å². The molecule has 0 aromatic heterocycles. The summed E-state index contributed by atoms with van der Waals surface area (Å²) >= 11 is 0. The van der Waals surface area contributed by atoms with E-state index in [9.17, 15) is 8.42 Å². The quantitative estimate of drug-likeness (QED) is 0.749. The summed E-state index contributed by atoms with van der Waals surface area (Å²) in [5.74, 6) is 1.72. The van der Waals surface area contributed by atoms with Crippen LogP contribution in [0.3, 0.4) is 0 Å². The van der Waals surface area contributed by atoms with Crippen molar-refractivity contribution < 1.29 is 8.42 Å².